The number of rotatable bonds is 7. The van der Waals surface area contributed by atoms with Crippen LogP contribution in [0.25, 0.3) is 0 Å². The molecule has 1 amide bonds. The Morgan fingerprint density at radius 1 is 1.23 bits per heavy atom. The first-order valence-electron chi connectivity index (χ1n) is 11.2. The molecule has 7 heteroatoms. The molecule has 1 aromatic rings. The molecule has 3 rings (SSSR count). The van der Waals surface area contributed by atoms with Crippen LogP contribution in [-0.2, 0) is 9.53 Å². The van der Waals surface area contributed by atoms with Gasteiger partial charge >= 0.3 is 0 Å². The number of carbonyl (C=O) groups is 1. The van der Waals surface area contributed by atoms with Gasteiger partial charge in [0.1, 0.15) is 11.9 Å². The van der Waals surface area contributed by atoms with Crippen molar-refractivity contribution in [1.29, 1.82) is 0 Å². The minimum Gasteiger partial charge on any atom is -0.497 e. The number of methoxy groups -OCH3 is 1. The van der Waals surface area contributed by atoms with Gasteiger partial charge in [-0.2, -0.15) is 0 Å². The summed E-state index contributed by atoms with van der Waals surface area (Å²) in [7, 11) is 1.69. The highest BCUT2D eigenvalue weighted by Crippen LogP contribution is 2.22. The minimum atomic E-state index is -0.224. The number of nitrogens with zero attached hydrogens (tertiary/aromatic N) is 3. The zero-order chi connectivity index (χ0) is 21.3. The number of hydrogen-bond acceptors (Lipinski definition) is 4. The van der Waals surface area contributed by atoms with Gasteiger partial charge in [0.05, 0.1) is 7.11 Å². The molecule has 0 spiro atoms. The molecule has 0 aliphatic carbocycles. The van der Waals surface area contributed by atoms with Crippen LogP contribution in [0.3, 0.4) is 0 Å². The fourth-order valence-corrected chi connectivity index (χ4v) is 4.00. The van der Waals surface area contributed by atoms with Crippen molar-refractivity contribution in [1.82, 2.24) is 15.1 Å². The van der Waals surface area contributed by atoms with Crippen LogP contribution < -0.4 is 10.1 Å². The first-order valence-corrected chi connectivity index (χ1v) is 11.2. The molecule has 2 aliphatic rings. The molecule has 2 unspecified atom stereocenters. The van der Waals surface area contributed by atoms with Gasteiger partial charge in [0.2, 0.25) is 0 Å². The van der Waals surface area contributed by atoms with Gasteiger partial charge in [-0.1, -0.05) is 19.1 Å². The van der Waals surface area contributed by atoms with E-state index in [9.17, 15) is 4.79 Å². The zero-order valence-corrected chi connectivity index (χ0v) is 18.6. The maximum atomic E-state index is 12.6. The highest BCUT2D eigenvalue weighted by Gasteiger charge is 2.30. The van der Waals surface area contributed by atoms with Gasteiger partial charge in [-0.3, -0.25) is 9.79 Å². The van der Waals surface area contributed by atoms with Crippen molar-refractivity contribution in [2.75, 3.05) is 53.0 Å². The van der Waals surface area contributed by atoms with Crippen molar-refractivity contribution in [3.05, 3.63) is 29.8 Å². The van der Waals surface area contributed by atoms with Crippen molar-refractivity contribution in [3.8, 4) is 5.75 Å². The van der Waals surface area contributed by atoms with E-state index in [-0.39, 0.29) is 12.0 Å². The molecular formula is C23H36N4O3. The second kappa shape index (κ2) is 11.2. The lowest BCUT2D eigenvalue weighted by molar-refractivity contribution is -0.142. The fourth-order valence-electron chi connectivity index (χ4n) is 4.00. The summed E-state index contributed by atoms with van der Waals surface area (Å²) in [5.41, 5.74) is 1.30. The van der Waals surface area contributed by atoms with Crippen LogP contribution in [0, 0.1) is 0 Å². The van der Waals surface area contributed by atoms with E-state index < -0.39 is 0 Å². The van der Waals surface area contributed by atoms with E-state index in [4.69, 9.17) is 14.5 Å². The molecule has 2 fully saturated rings. The average Bonchev–Trinajstić information content (AvgIpc) is 3.33. The van der Waals surface area contributed by atoms with Crippen molar-refractivity contribution < 1.29 is 14.3 Å². The number of benzene rings is 1. The SMILES string of the molecule is CCNC(=NCCC(C)c1ccc(OC)cc1)N1CCN(C(=O)C2CCCO2)CC1. The van der Waals surface area contributed by atoms with Crippen molar-refractivity contribution in [2.24, 2.45) is 4.99 Å². The Bertz CT molecular complexity index is 693. The smallest absolute Gasteiger partial charge is 0.251 e. The normalized spacial score (nSPS) is 20.9. The summed E-state index contributed by atoms with van der Waals surface area (Å²) in [6.07, 6.45) is 2.61. The van der Waals surface area contributed by atoms with Crippen LogP contribution in [0.15, 0.2) is 29.3 Å². The highest BCUT2D eigenvalue weighted by molar-refractivity contribution is 5.82. The molecule has 2 heterocycles. The van der Waals surface area contributed by atoms with E-state index in [2.05, 4.69) is 36.2 Å². The summed E-state index contributed by atoms with van der Waals surface area (Å²) in [5.74, 6) is 2.42. The monoisotopic (exact) mass is 416 g/mol. The number of hydrogen-bond donors (Lipinski definition) is 1. The summed E-state index contributed by atoms with van der Waals surface area (Å²) in [4.78, 5) is 21.6. The first-order chi connectivity index (χ1) is 14.6. The molecule has 7 nitrogen and oxygen atoms in total. The van der Waals surface area contributed by atoms with Gasteiger partial charge in [-0.15, -0.1) is 0 Å². The number of amides is 1. The molecule has 0 aromatic heterocycles. The lowest BCUT2D eigenvalue weighted by Gasteiger charge is -2.37. The van der Waals surface area contributed by atoms with E-state index in [0.29, 0.717) is 12.5 Å². The average molecular weight is 417 g/mol. The Balaban J connectivity index is 1.49. The largest absolute Gasteiger partial charge is 0.497 e. The molecule has 30 heavy (non-hydrogen) atoms. The second-order valence-corrected chi connectivity index (χ2v) is 8.01. The predicted octanol–water partition coefficient (Wildman–Crippen LogP) is 2.48. The summed E-state index contributed by atoms with van der Waals surface area (Å²) in [6, 6.07) is 8.28. The molecule has 2 aliphatic heterocycles. The summed E-state index contributed by atoms with van der Waals surface area (Å²) >= 11 is 0. The highest BCUT2D eigenvalue weighted by atomic mass is 16.5. The number of guanidine groups is 1. The quantitative estimate of drug-likeness (QED) is 0.546. The minimum absolute atomic E-state index is 0.155. The summed E-state index contributed by atoms with van der Waals surface area (Å²) < 4.78 is 10.8. The van der Waals surface area contributed by atoms with Gasteiger partial charge in [0.15, 0.2) is 5.96 Å². The fraction of sp³-hybridized carbons (Fsp3) is 0.652. The van der Waals surface area contributed by atoms with Gasteiger partial charge in [0.25, 0.3) is 5.91 Å². The number of ether oxygens (including phenoxy) is 2. The van der Waals surface area contributed by atoms with Crippen LogP contribution in [0.2, 0.25) is 0 Å². The molecule has 1 aromatic carbocycles. The van der Waals surface area contributed by atoms with Crippen LogP contribution >= 0.6 is 0 Å². The van der Waals surface area contributed by atoms with Crippen molar-refractivity contribution in [3.63, 3.8) is 0 Å². The van der Waals surface area contributed by atoms with Gasteiger partial charge in [-0.25, -0.2) is 0 Å². The Hall–Kier alpha value is -2.28. The molecule has 0 bridgehead atoms. The van der Waals surface area contributed by atoms with Gasteiger partial charge < -0.3 is 24.6 Å². The van der Waals surface area contributed by atoms with Crippen LogP contribution in [0.5, 0.6) is 5.75 Å². The van der Waals surface area contributed by atoms with Crippen LogP contribution in [0.4, 0.5) is 0 Å². The maximum absolute atomic E-state index is 12.6. The van der Waals surface area contributed by atoms with E-state index in [1.165, 1.54) is 5.56 Å². The number of piperazine rings is 1. The summed E-state index contributed by atoms with van der Waals surface area (Å²) in [6.45, 7) is 9.70. The van der Waals surface area contributed by atoms with Crippen molar-refractivity contribution >= 4 is 11.9 Å². The standard InChI is InChI=1S/C23H36N4O3/c1-4-24-23(25-12-11-18(2)19-7-9-20(29-3)10-8-19)27-15-13-26(14-16-27)22(28)21-6-5-17-30-21/h7-10,18,21H,4-6,11-17H2,1-3H3,(H,24,25). The number of nitrogens with one attached hydrogen (secondary N) is 1. The topological polar surface area (TPSA) is 66.4 Å². The molecule has 2 atom stereocenters. The molecule has 1 N–H and O–H groups in total. The Morgan fingerprint density at radius 2 is 1.93 bits per heavy atom. The van der Waals surface area contributed by atoms with Crippen LogP contribution in [0.1, 0.15) is 44.6 Å². The number of aliphatic imine (C=N–C) groups is 1. The summed E-state index contributed by atoms with van der Waals surface area (Å²) in [5, 5.41) is 3.41. The first kappa shape index (κ1) is 22.4. The Kier molecular flexibility index (Phi) is 8.37. The lowest BCUT2D eigenvalue weighted by Crippen LogP contribution is -2.55. The second-order valence-electron chi connectivity index (χ2n) is 8.01. The molecule has 0 radical (unpaired) electrons. The molecule has 166 valence electrons. The molecule has 2 saturated heterocycles. The van der Waals surface area contributed by atoms with Gasteiger partial charge in [-0.05, 0) is 49.8 Å². The molecule has 0 saturated carbocycles. The lowest BCUT2D eigenvalue weighted by atomic mass is 9.98. The number of carbonyl (C=O) groups excluding carboxylic acids is 1. The zero-order valence-electron chi connectivity index (χ0n) is 18.6. The van der Waals surface area contributed by atoms with Crippen molar-refractivity contribution in [2.45, 2.75) is 45.1 Å². The van der Waals surface area contributed by atoms with E-state index in [1.54, 1.807) is 7.11 Å². The third kappa shape index (κ3) is 5.88. The third-order valence-corrected chi connectivity index (χ3v) is 5.94. The van der Waals surface area contributed by atoms with E-state index in [1.807, 2.05) is 17.0 Å². The van der Waals surface area contributed by atoms with Crippen LogP contribution in [-0.4, -0.2) is 80.8 Å². The van der Waals surface area contributed by atoms with Gasteiger partial charge in [0, 0.05) is 45.9 Å². The van der Waals surface area contributed by atoms with E-state index >= 15 is 0 Å². The predicted molar refractivity (Wildman–Crippen MR) is 119 cm³/mol. The molecular weight excluding hydrogens is 380 g/mol. The maximum Gasteiger partial charge on any atom is 0.251 e. The van der Waals surface area contributed by atoms with E-state index in [0.717, 1.165) is 70.2 Å². The third-order valence-electron chi connectivity index (χ3n) is 5.94. The Labute approximate surface area is 180 Å². The Morgan fingerprint density at radius 3 is 2.53 bits per heavy atom.